The molecular weight excluding hydrogens is 322 g/mol. The lowest BCUT2D eigenvalue weighted by atomic mass is 9.78. The molecule has 25 heavy (non-hydrogen) atoms. The van der Waals surface area contributed by atoms with E-state index in [1.165, 1.54) is 0 Å². The molecule has 5 atom stereocenters. The molecule has 2 bridgehead atoms. The first-order valence-electron chi connectivity index (χ1n) is 8.71. The fourth-order valence-corrected chi connectivity index (χ4v) is 4.54. The Morgan fingerprint density at radius 3 is 2.36 bits per heavy atom. The zero-order valence-electron chi connectivity index (χ0n) is 14.8. The third kappa shape index (κ3) is 3.17. The summed E-state index contributed by atoms with van der Waals surface area (Å²) in [7, 11) is 3.14. The molecule has 0 radical (unpaired) electrons. The average molecular weight is 347 g/mol. The summed E-state index contributed by atoms with van der Waals surface area (Å²) >= 11 is 0. The second kappa shape index (κ2) is 6.94. The zero-order valence-corrected chi connectivity index (χ0v) is 14.8. The van der Waals surface area contributed by atoms with Crippen LogP contribution in [0.25, 0.3) is 0 Å². The van der Waals surface area contributed by atoms with E-state index in [0.717, 1.165) is 24.8 Å². The Labute approximate surface area is 147 Å². The molecule has 6 nitrogen and oxygen atoms in total. The van der Waals surface area contributed by atoms with Crippen LogP contribution >= 0.6 is 0 Å². The number of fused-ring (bicyclic) bond motifs is 2. The van der Waals surface area contributed by atoms with Crippen molar-refractivity contribution in [1.29, 1.82) is 0 Å². The van der Waals surface area contributed by atoms with Gasteiger partial charge < -0.3 is 19.9 Å². The van der Waals surface area contributed by atoms with Crippen LogP contribution in [0.4, 0.5) is 0 Å². The van der Waals surface area contributed by atoms with Crippen LogP contribution < -0.4 is 14.8 Å². The lowest BCUT2D eigenvalue weighted by Gasteiger charge is -2.28. The highest BCUT2D eigenvalue weighted by Crippen LogP contribution is 2.52. The summed E-state index contributed by atoms with van der Waals surface area (Å²) in [5.41, 5.74) is 0.890. The fourth-order valence-electron chi connectivity index (χ4n) is 4.54. The Bertz CT molecular complexity index is 674. The number of nitrogens with one attached hydrogen (secondary N) is 1. The number of rotatable bonds is 6. The number of aliphatic carboxylic acids is 1. The van der Waals surface area contributed by atoms with Gasteiger partial charge in [0, 0.05) is 0 Å². The number of benzene rings is 1. The first kappa shape index (κ1) is 17.6. The molecule has 2 saturated carbocycles. The maximum absolute atomic E-state index is 12.8. The van der Waals surface area contributed by atoms with Gasteiger partial charge in [-0.2, -0.15) is 0 Å². The van der Waals surface area contributed by atoms with Crippen LogP contribution in [0, 0.1) is 23.7 Å². The van der Waals surface area contributed by atoms with Crippen molar-refractivity contribution in [3.05, 3.63) is 23.8 Å². The van der Waals surface area contributed by atoms with Gasteiger partial charge in [0.05, 0.1) is 32.1 Å². The maximum Gasteiger partial charge on any atom is 0.307 e. The number of carboxylic acid groups (broad SMARTS) is 1. The Kier molecular flexibility index (Phi) is 4.88. The van der Waals surface area contributed by atoms with Crippen molar-refractivity contribution in [2.45, 2.75) is 32.2 Å². The Hall–Kier alpha value is -2.24. The number of carbonyl (C=O) groups is 2. The highest BCUT2D eigenvalue weighted by Gasteiger charge is 2.54. The van der Waals surface area contributed by atoms with Crippen molar-refractivity contribution >= 4 is 11.9 Å². The van der Waals surface area contributed by atoms with Gasteiger partial charge in [0.25, 0.3) is 0 Å². The number of hydrogen-bond acceptors (Lipinski definition) is 4. The van der Waals surface area contributed by atoms with Crippen molar-refractivity contribution in [2.24, 2.45) is 23.7 Å². The maximum atomic E-state index is 12.8. The molecule has 136 valence electrons. The summed E-state index contributed by atoms with van der Waals surface area (Å²) < 4.78 is 10.5. The summed E-state index contributed by atoms with van der Waals surface area (Å²) in [5, 5.41) is 12.5. The van der Waals surface area contributed by atoms with Gasteiger partial charge in [0.1, 0.15) is 0 Å². The molecular formula is C19H25NO5. The van der Waals surface area contributed by atoms with E-state index >= 15 is 0 Å². The number of carboxylic acids is 1. The first-order valence-corrected chi connectivity index (χ1v) is 8.71. The van der Waals surface area contributed by atoms with E-state index in [0.29, 0.717) is 11.5 Å². The summed E-state index contributed by atoms with van der Waals surface area (Å²) in [6, 6.07) is 5.27. The molecule has 2 fully saturated rings. The SMILES string of the molecule is COc1ccc([C@H](C)NC(=O)[C@H]2[C@H]3CC[C@@H](C3)[C@H]2C(=O)O)cc1OC. The van der Waals surface area contributed by atoms with Crippen molar-refractivity contribution in [3.63, 3.8) is 0 Å². The van der Waals surface area contributed by atoms with Crippen LogP contribution in [0.3, 0.4) is 0 Å². The Balaban J connectivity index is 1.73. The molecule has 2 N–H and O–H groups in total. The molecule has 0 spiro atoms. The monoisotopic (exact) mass is 347 g/mol. The number of carbonyl (C=O) groups excluding carboxylic acids is 1. The van der Waals surface area contributed by atoms with Gasteiger partial charge in [-0.15, -0.1) is 0 Å². The molecule has 2 aliphatic carbocycles. The van der Waals surface area contributed by atoms with E-state index in [-0.39, 0.29) is 23.8 Å². The molecule has 6 heteroatoms. The van der Waals surface area contributed by atoms with Crippen molar-refractivity contribution < 1.29 is 24.2 Å². The van der Waals surface area contributed by atoms with Crippen molar-refractivity contribution in [1.82, 2.24) is 5.32 Å². The van der Waals surface area contributed by atoms with E-state index in [9.17, 15) is 14.7 Å². The average Bonchev–Trinajstić information content (AvgIpc) is 3.22. The number of ether oxygens (including phenoxy) is 2. The van der Waals surface area contributed by atoms with Crippen LogP contribution in [0.15, 0.2) is 18.2 Å². The normalized spacial score (nSPS) is 28.4. The van der Waals surface area contributed by atoms with Crippen molar-refractivity contribution in [2.75, 3.05) is 14.2 Å². The second-order valence-corrected chi connectivity index (χ2v) is 7.07. The predicted molar refractivity (Wildman–Crippen MR) is 91.6 cm³/mol. The number of hydrogen-bond donors (Lipinski definition) is 2. The highest BCUT2D eigenvalue weighted by atomic mass is 16.5. The fraction of sp³-hybridized carbons (Fsp3) is 0.579. The Morgan fingerprint density at radius 1 is 1.12 bits per heavy atom. The molecule has 3 rings (SSSR count). The third-order valence-electron chi connectivity index (χ3n) is 5.77. The van der Waals surface area contributed by atoms with Gasteiger partial charge in [-0.1, -0.05) is 6.07 Å². The topological polar surface area (TPSA) is 84.9 Å². The molecule has 1 aromatic rings. The third-order valence-corrected chi connectivity index (χ3v) is 5.77. The minimum Gasteiger partial charge on any atom is -0.493 e. The van der Waals surface area contributed by atoms with Crippen LogP contribution in [0.5, 0.6) is 11.5 Å². The lowest BCUT2D eigenvalue weighted by molar-refractivity contribution is -0.149. The standard InChI is InChI=1S/C19H25NO5/c1-10(11-6-7-14(24-2)15(9-11)25-3)20-18(21)16-12-4-5-13(8-12)17(16)19(22)23/h6-7,9-10,12-13,16-17H,4-5,8H2,1-3H3,(H,20,21)(H,22,23)/t10-,12-,13-,16-,17+/m0/s1. The largest absolute Gasteiger partial charge is 0.493 e. The first-order chi connectivity index (χ1) is 12.0. The molecule has 0 heterocycles. The minimum absolute atomic E-state index is 0.148. The smallest absolute Gasteiger partial charge is 0.307 e. The van der Waals surface area contributed by atoms with E-state index < -0.39 is 17.8 Å². The summed E-state index contributed by atoms with van der Waals surface area (Å²) in [4.78, 5) is 24.4. The van der Waals surface area contributed by atoms with Crippen LogP contribution in [0.2, 0.25) is 0 Å². The van der Waals surface area contributed by atoms with E-state index in [1.54, 1.807) is 20.3 Å². The van der Waals surface area contributed by atoms with Gasteiger partial charge in [0.2, 0.25) is 5.91 Å². The van der Waals surface area contributed by atoms with Gasteiger partial charge >= 0.3 is 5.97 Å². The minimum atomic E-state index is -0.842. The van der Waals surface area contributed by atoms with E-state index in [2.05, 4.69) is 5.32 Å². The lowest BCUT2D eigenvalue weighted by Crippen LogP contribution is -2.42. The summed E-state index contributed by atoms with van der Waals surface area (Å²) in [5.74, 6) is -0.380. The Morgan fingerprint density at radius 2 is 1.76 bits per heavy atom. The molecule has 2 aliphatic rings. The molecule has 0 unspecified atom stereocenters. The predicted octanol–water partition coefficient (Wildman–Crippen LogP) is 2.63. The zero-order chi connectivity index (χ0) is 18.1. The molecule has 0 saturated heterocycles. The van der Waals surface area contributed by atoms with Gasteiger partial charge in [0.15, 0.2) is 11.5 Å². The molecule has 0 aliphatic heterocycles. The quantitative estimate of drug-likeness (QED) is 0.826. The second-order valence-electron chi connectivity index (χ2n) is 7.07. The van der Waals surface area contributed by atoms with Crippen molar-refractivity contribution in [3.8, 4) is 11.5 Å². The van der Waals surface area contributed by atoms with Crippen LogP contribution in [-0.2, 0) is 9.59 Å². The van der Waals surface area contributed by atoms with E-state index in [1.807, 2.05) is 19.1 Å². The number of amides is 1. The van der Waals surface area contributed by atoms with Crippen LogP contribution in [-0.4, -0.2) is 31.2 Å². The highest BCUT2D eigenvalue weighted by molar-refractivity contribution is 5.86. The van der Waals surface area contributed by atoms with Gasteiger partial charge in [-0.05, 0) is 55.7 Å². The van der Waals surface area contributed by atoms with E-state index in [4.69, 9.17) is 9.47 Å². The summed E-state index contributed by atoms with van der Waals surface area (Å²) in [6.45, 7) is 1.89. The molecule has 1 aromatic carbocycles. The number of methoxy groups -OCH3 is 2. The van der Waals surface area contributed by atoms with Gasteiger partial charge in [-0.3, -0.25) is 9.59 Å². The van der Waals surface area contributed by atoms with Crippen LogP contribution in [0.1, 0.15) is 37.8 Å². The molecule has 0 aromatic heterocycles. The van der Waals surface area contributed by atoms with Gasteiger partial charge in [-0.25, -0.2) is 0 Å². The summed E-state index contributed by atoms with van der Waals surface area (Å²) in [6.07, 6.45) is 2.74. The molecule has 1 amide bonds.